The number of rotatable bonds is 20. The maximum absolute atomic E-state index is 14.1. The highest BCUT2D eigenvalue weighted by Crippen LogP contribution is 2.23. The number of terminal acetylenes is 1. The first-order valence-corrected chi connectivity index (χ1v) is 21.1. The summed E-state index contributed by atoms with van der Waals surface area (Å²) in [5, 5.41) is 20.9. The number of aromatic amines is 1. The zero-order valence-electron chi connectivity index (χ0n) is 31.3. The summed E-state index contributed by atoms with van der Waals surface area (Å²) < 4.78 is 68.9. The molecule has 1 aliphatic carbocycles. The van der Waals surface area contributed by atoms with Crippen LogP contribution in [0.4, 0.5) is 3.89 Å². The van der Waals surface area contributed by atoms with Crippen LogP contribution >= 0.6 is 0 Å². The molecular formula is C39H41FN6O11S2. The van der Waals surface area contributed by atoms with Gasteiger partial charge in [-0.2, -0.15) is 13.1 Å². The second-order valence-corrected chi connectivity index (χ2v) is 16.3. The van der Waals surface area contributed by atoms with E-state index in [0.717, 1.165) is 53.9 Å². The number of para-hydroxylation sites is 1. The SMILES string of the molecule is C#CCNC(=O)c1ccc(S(=O)(=O)NC(CCCCNC(=O)c2cc(OS(=O)(=O)F)cc(C(=O)O)c2)C(=O)NC(Cc2c[nH]c3ccccc23)C(=O)NC2CCC2)cc1. The largest absolute Gasteiger partial charge is 0.488 e. The number of H-pyrrole nitrogens is 1. The standard InChI is InChI=1S/C39H41FN6O11S2/c1-2-17-41-35(47)24-13-15-30(16-14-24)58(53,54)46-33(12-5-6-18-42-36(48)25-19-26(39(51)52)21-29(20-25)57-59(40,55)56)37(49)45-34(38(50)44-28-8-7-9-28)22-27-23-43-32-11-4-3-10-31(27)32/h1,3-4,10-11,13-16,19-21,23,28,33-34,43,46H,5-9,12,17-18,22H2,(H,41,47)(H,42,48)(H,44,50)(H,45,49)(H,51,52). The highest BCUT2D eigenvalue weighted by molar-refractivity contribution is 7.89. The highest BCUT2D eigenvalue weighted by Gasteiger charge is 2.32. The molecule has 312 valence electrons. The Kier molecular flexibility index (Phi) is 14.4. The van der Waals surface area contributed by atoms with Crippen molar-refractivity contribution < 1.29 is 54.0 Å². The lowest BCUT2D eigenvalue weighted by Crippen LogP contribution is -2.56. The fraction of sp³-hybridized carbons (Fsp3) is 0.308. The number of halogens is 1. The molecule has 3 aromatic carbocycles. The first kappa shape index (κ1) is 43.8. The molecular weight excluding hydrogens is 812 g/mol. The molecule has 0 aliphatic heterocycles. The van der Waals surface area contributed by atoms with Gasteiger partial charge in [0.15, 0.2) is 0 Å². The number of unbranched alkanes of at least 4 members (excludes halogenated alkanes) is 1. The third kappa shape index (κ3) is 12.3. The number of carbonyl (C=O) groups is 5. The molecule has 0 spiro atoms. The predicted molar refractivity (Wildman–Crippen MR) is 212 cm³/mol. The topological polar surface area (TPSA) is 259 Å². The quantitative estimate of drug-likeness (QED) is 0.0386. The zero-order valence-corrected chi connectivity index (χ0v) is 33.0. The van der Waals surface area contributed by atoms with Gasteiger partial charge in [0.1, 0.15) is 17.8 Å². The van der Waals surface area contributed by atoms with Crippen molar-refractivity contribution in [3.05, 3.63) is 95.2 Å². The second-order valence-electron chi connectivity index (χ2n) is 13.6. The van der Waals surface area contributed by atoms with Gasteiger partial charge in [0.2, 0.25) is 21.8 Å². The van der Waals surface area contributed by atoms with Crippen LogP contribution < -0.4 is 30.2 Å². The van der Waals surface area contributed by atoms with E-state index in [1.165, 1.54) is 24.3 Å². The highest BCUT2D eigenvalue weighted by atomic mass is 32.3. The molecule has 1 saturated carbocycles. The van der Waals surface area contributed by atoms with E-state index in [4.69, 9.17) is 6.42 Å². The average molecular weight is 853 g/mol. The van der Waals surface area contributed by atoms with Gasteiger partial charge in [-0.15, -0.1) is 6.42 Å². The molecule has 1 aromatic heterocycles. The number of hydrogen-bond acceptors (Lipinski definition) is 10. The lowest BCUT2D eigenvalue weighted by atomic mass is 9.92. The van der Waals surface area contributed by atoms with Crippen molar-refractivity contribution >= 4 is 61.0 Å². The van der Waals surface area contributed by atoms with Crippen LogP contribution in [0.1, 0.15) is 75.2 Å². The first-order chi connectivity index (χ1) is 28.0. The Bertz CT molecular complexity index is 2480. The molecule has 2 atom stereocenters. The lowest BCUT2D eigenvalue weighted by Gasteiger charge is -2.29. The molecule has 59 heavy (non-hydrogen) atoms. The molecule has 4 aromatic rings. The molecule has 20 heteroatoms. The van der Waals surface area contributed by atoms with E-state index in [1.807, 2.05) is 24.3 Å². The summed E-state index contributed by atoms with van der Waals surface area (Å²) in [7, 11) is -9.94. The zero-order chi connectivity index (χ0) is 42.7. The number of fused-ring (bicyclic) bond motifs is 1. The van der Waals surface area contributed by atoms with Crippen LogP contribution in [0.2, 0.25) is 0 Å². The summed E-state index contributed by atoms with van der Waals surface area (Å²) in [6, 6.07) is 12.2. The number of carboxylic acids is 1. The Balaban J connectivity index is 1.32. The molecule has 4 amide bonds. The van der Waals surface area contributed by atoms with Gasteiger partial charge < -0.3 is 35.5 Å². The van der Waals surface area contributed by atoms with Crippen molar-refractivity contribution in [1.82, 2.24) is 31.0 Å². The van der Waals surface area contributed by atoms with Crippen molar-refractivity contribution in [3.63, 3.8) is 0 Å². The maximum atomic E-state index is 14.1. The summed E-state index contributed by atoms with van der Waals surface area (Å²) in [6.45, 7) is -0.118. The Morgan fingerprint density at radius 2 is 1.58 bits per heavy atom. The lowest BCUT2D eigenvalue weighted by molar-refractivity contribution is -0.130. The number of aromatic nitrogens is 1. The third-order valence-corrected chi connectivity index (χ3v) is 11.3. The number of benzene rings is 3. The van der Waals surface area contributed by atoms with Crippen molar-refractivity contribution in [2.75, 3.05) is 13.1 Å². The number of sulfonamides is 1. The summed E-state index contributed by atoms with van der Waals surface area (Å²) in [5.41, 5.74) is 0.797. The summed E-state index contributed by atoms with van der Waals surface area (Å²) in [4.78, 5) is 67.3. The van der Waals surface area contributed by atoms with Crippen LogP contribution in [0.5, 0.6) is 5.75 Å². The molecule has 2 unspecified atom stereocenters. The number of carboxylic acid groups (broad SMARTS) is 1. The summed E-state index contributed by atoms with van der Waals surface area (Å²) >= 11 is 0. The number of aromatic carboxylic acids is 1. The van der Waals surface area contributed by atoms with E-state index in [2.05, 4.69) is 41.1 Å². The first-order valence-electron chi connectivity index (χ1n) is 18.3. The fourth-order valence-corrected chi connectivity index (χ4v) is 7.72. The van der Waals surface area contributed by atoms with Gasteiger partial charge in [-0.05, 0) is 92.6 Å². The smallest absolute Gasteiger partial charge is 0.478 e. The van der Waals surface area contributed by atoms with Crippen LogP contribution in [0.15, 0.2) is 77.8 Å². The van der Waals surface area contributed by atoms with Gasteiger partial charge in [-0.1, -0.05) is 28.0 Å². The van der Waals surface area contributed by atoms with Gasteiger partial charge >= 0.3 is 16.5 Å². The molecule has 0 bridgehead atoms. The minimum atomic E-state index is -5.53. The molecule has 1 heterocycles. The van der Waals surface area contributed by atoms with E-state index in [9.17, 15) is 49.8 Å². The van der Waals surface area contributed by atoms with Gasteiger partial charge in [0, 0.05) is 47.2 Å². The van der Waals surface area contributed by atoms with Crippen molar-refractivity contribution in [2.45, 2.75) is 68.0 Å². The van der Waals surface area contributed by atoms with Crippen molar-refractivity contribution in [3.8, 4) is 18.1 Å². The van der Waals surface area contributed by atoms with Gasteiger partial charge in [-0.25, -0.2) is 13.2 Å². The van der Waals surface area contributed by atoms with Gasteiger partial charge in [0.25, 0.3) is 11.8 Å². The van der Waals surface area contributed by atoms with Crippen LogP contribution in [0, 0.1) is 12.3 Å². The molecule has 0 radical (unpaired) electrons. The fourth-order valence-electron chi connectivity index (χ4n) is 6.17. The van der Waals surface area contributed by atoms with E-state index >= 15 is 0 Å². The summed E-state index contributed by atoms with van der Waals surface area (Å²) in [6.07, 6.45) is 9.66. The molecule has 17 nitrogen and oxygen atoms in total. The normalized spacial score (nSPS) is 13.9. The summed E-state index contributed by atoms with van der Waals surface area (Å²) in [5.74, 6) is -2.66. The van der Waals surface area contributed by atoms with E-state index in [1.54, 1.807) is 6.20 Å². The predicted octanol–water partition coefficient (Wildman–Crippen LogP) is 2.47. The number of hydrogen-bond donors (Lipinski definition) is 7. The van der Waals surface area contributed by atoms with Crippen molar-refractivity contribution in [2.24, 2.45) is 0 Å². The molecule has 5 rings (SSSR count). The minimum Gasteiger partial charge on any atom is -0.478 e. The average Bonchev–Trinajstić information content (AvgIpc) is 3.58. The third-order valence-electron chi connectivity index (χ3n) is 9.39. The molecule has 7 N–H and O–H groups in total. The van der Waals surface area contributed by atoms with Crippen LogP contribution in [-0.4, -0.2) is 87.7 Å². The van der Waals surface area contributed by atoms with Crippen LogP contribution in [0.25, 0.3) is 10.9 Å². The second kappa shape index (κ2) is 19.4. The Labute approximate surface area is 339 Å². The van der Waals surface area contributed by atoms with Gasteiger partial charge in [-0.3, -0.25) is 19.2 Å². The van der Waals surface area contributed by atoms with E-state index in [-0.39, 0.29) is 60.8 Å². The number of carbonyl (C=O) groups excluding carboxylic acids is 4. The van der Waals surface area contributed by atoms with Crippen LogP contribution in [0.3, 0.4) is 0 Å². The number of amides is 4. The molecule has 1 fully saturated rings. The van der Waals surface area contributed by atoms with Crippen molar-refractivity contribution in [1.29, 1.82) is 0 Å². The van der Waals surface area contributed by atoms with E-state index in [0.29, 0.717) is 0 Å². The van der Waals surface area contributed by atoms with Crippen LogP contribution in [-0.2, 0) is 36.5 Å². The van der Waals surface area contributed by atoms with E-state index < -0.39 is 73.5 Å². The minimum absolute atomic E-state index is 0.0401. The Morgan fingerprint density at radius 3 is 2.24 bits per heavy atom. The number of nitrogens with one attached hydrogen (secondary N) is 6. The Hall–Kier alpha value is -6.30. The maximum Gasteiger partial charge on any atom is 0.488 e. The Morgan fingerprint density at radius 1 is 0.881 bits per heavy atom. The van der Waals surface area contributed by atoms with Gasteiger partial charge in [0.05, 0.1) is 17.0 Å². The molecule has 1 aliphatic rings. The molecule has 0 saturated heterocycles. The monoisotopic (exact) mass is 852 g/mol.